The van der Waals surface area contributed by atoms with Crippen molar-refractivity contribution in [3.05, 3.63) is 24.3 Å². The number of unbranched alkanes of at least 4 members (excludes halogenated alkanes) is 10. The predicted molar refractivity (Wildman–Crippen MR) is 277 cm³/mol. The van der Waals surface area contributed by atoms with Crippen molar-refractivity contribution in [2.24, 2.45) is 35.5 Å². The molecule has 0 aliphatic heterocycles. The van der Waals surface area contributed by atoms with Crippen LogP contribution in [-0.2, 0) is 47.6 Å². The summed E-state index contributed by atoms with van der Waals surface area (Å²) in [6.45, 7) is 19.8. The minimum atomic E-state index is -0.133. The predicted octanol–water partition coefficient (Wildman–Crippen LogP) is 13.4. The van der Waals surface area contributed by atoms with E-state index >= 15 is 0 Å². The first kappa shape index (κ1) is 62.3. The first-order valence-electron chi connectivity index (χ1n) is 26.6. The van der Waals surface area contributed by atoms with Gasteiger partial charge in [-0.05, 0) is 116 Å². The highest BCUT2D eigenvalue weighted by atomic mass is 127. The fourth-order valence-corrected chi connectivity index (χ4v) is 10.1. The Balaban J connectivity index is 0.000000660. The van der Waals surface area contributed by atoms with Crippen LogP contribution in [0.15, 0.2) is 24.3 Å². The standard InChI is InChI=1S/C28H50O5.C27H47IO5/c1-5-7-8-11-14-18-31-20-21-32-19-17-25-24(6-2)22-27(29)26(25)15-12-9-10-13-16-28(30)33-23(3)4;1-4-5-6-9-12-16-31-18-19-32-17-15-24-23(21-28)20-26(29)25(24)13-10-7-8-11-14-27(30)33-22(2)3/h9,12,23-26H,5-8,10-11,13-22H2,1-4H3;7,10,22-25H,4-6,8-9,11-21H2,1-3H3/t24-,25+,26-;23-,24-,25+/m10/s1. The molecule has 0 bridgehead atoms. The number of Topliss-reactive ketones (excluding diaryl/α,β-unsaturated/α-hetero) is 2. The van der Waals surface area contributed by atoms with E-state index in [1.54, 1.807) is 0 Å². The lowest BCUT2D eigenvalue weighted by Crippen LogP contribution is -2.20. The van der Waals surface area contributed by atoms with Gasteiger partial charge in [-0.25, -0.2) is 0 Å². The van der Waals surface area contributed by atoms with E-state index in [0.717, 1.165) is 88.3 Å². The molecule has 2 saturated carbocycles. The van der Waals surface area contributed by atoms with Crippen molar-refractivity contribution in [2.45, 2.75) is 208 Å². The lowest BCUT2D eigenvalue weighted by atomic mass is 9.83. The average Bonchev–Trinajstić information content (AvgIpc) is 3.76. The van der Waals surface area contributed by atoms with Crippen molar-refractivity contribution >= 4 is 46.1 Å². The number of ether oxygens (including phenoxy) is 6. The Bertz CT molecular complexity index is 1190. The van der Waals surface area contributed by atoms with Gasteiger partial charge in [-0.15, -0.1) is 0 Å². The van der Waals surface area contributed by atoms with E-state index in [-0.39, 0.29) is 36.0 Å². The topological polar surface area (TPSA) is 124 Å². The van der Waals surface area contributed by atoms with Gasteiger partial charge in [0.2, 0.25) is 0 Å². The lowest BCUT2D eigenvalue weighted by molar-refractivity contribution is -0.148. The SMILES string of the molecule is CCCCCCCOCCOCC[C@H]1[C@H](CC)CC(=O)[C@@H]1CC=CCCCC(=O)OC(C)C.CCCCCCCOCCOCC[C@H]1[C@H](CI)CC(=O)[C@@H]1CC=CCCCC(=O)OC(C)C. The summed E-state index contributed by atoms with van der Waals surface area (Å²) in [5.41, 5.74) is 0. The molecule has 0 aromatic carbocycles. The van der Waals surface area contributed by atoms with Gasteiger partial charge in [0, 0.05) is 68.4 Å². The minimum Gasteiger partial charge on any atom is -0.463 e. The van der Waals surface area contributed by atoms with Gasteiger partial charge in [0.25, 0.3) is 0 Å². The van der Waals surface area contributed by atoms with Crippen molar-refractivity contribution in [1.29, 1.82) is 0 Å². The van der Waals surface area contributed by atoms with E-state index < -0.39 is 0 Å². The molecule has 6 atom stereocenters. The molecular formula is C55H97IO10. The largest absolute Gasteiger partial charge is 0.463 e. The number of hydrogen-bond donors (Lipinski definition) is 0. The molecule has 0 aromatic rings. The molecule has 2 aliphatic rings. The van der Waals surface area contributed by atoms with Gasteiger partial charge in [0.15, 0.2) is 0 Å². The smallest absolute Gasteiger partial charge is 0.306 e. The molecule has 0 unspecified atom stereocenters. The number of hydrogen-bond acceptors (Lipinski definition) is 10. The normalized spacial score (nSPS) is 20.9. The highest BCUT2D eigenvalue weighted by Crippen LogP contribution is 2.41. The van der Waals surface area contributed by atoms with E-state index in [9.17, 15) is 19.2 Å². The van der Waals surface area contributed by atoms with Crippen LogP contribution in [0.1, 0.15) is 196 Å². The molecule has 0 heterocycles. The van der Waals surface area contributed by atoms with Crippen LogP contribution in [0.5, 0.6) is 0 Å². The zero-order valence-corrected chi connectivity index (χ0v) is 45.2. The summed E-state index contributed by atoms with van der Waals surface area (Å²) in [6.07, 6.45) is 31.1. The zero-order valence-electron chi connectivity index (χ0n) is 43.0. The van der Waals surface area contributed by atoms with Crippen LogP contribution in [0.3, 0.4) is 0 Å². The van der Waals surface area contributed by atoms with Crippen LogP contribution in [-0.4, -0.2) is 93.0 Å². The number of ketones is 2. The van der Waals surface area contributed by atoms with Gasteiger partial charge >= 0.3 is 11.9 Å². The maximum atomic E-state index is 12.6. The van der Waals surface area contributed by atoms with Crippen LogP contribution in [0.4, 0.5) is 0 Å². The number of alkyl halides is 1. The Morgan fingerprint density at radius 1 is 0.530 bits per heavy atom. The molecule has 0 N–H and O–H groups in total. The second kappa shape index (κ2) is 42.2. The van der Waals surface area contributed by atoms with Crippen molar-refractivity contribution in [3.63, 3.8) is 0 Å². The molecule has 0 aromatic heterocycles. The van der Waals surface area contributed by atoms with E-state index in [1.165, 1.54) is 51.4 Å². The average molecular weight is 1050 g/mol. The number of carbonyl (C=O) groups excluding carboxylic acids is 4. The summed E-state index contributed by atoms with van der Waals surface area (Å²) in [6, 6.07) is 0. The van der Waals surface area contributed by atoms with E-state index in [4.69, 9.17) is 28.4 Å². The van der Waals surface area contributed by atoms with Crippen molar-refractivity contribution in [3.8, 4) is 0 Å². The maximum absolute atomic E-state index is 12.6. The molecule has 0 saturated heterocycles. The second-order valence-corrected chi connectivity index (χ2v) is 20.0. The third kappa shape index (κ3) is 31.5. The van der Waals surface area contributed by atoms with Crippen molar-refractivity contribution in [1.82, 2.24) is 0 Å². The van der Waals surface area contributed by atoms with Gasteiger partial charge in [-0.2, -0.15) is 0 Å². The highest BCUT2D eigenvalue weighted by molar-refractivity contribution is 14.1. The quantitative estimate of drug-likeness (QED) is 0.0193. The summed E-state index contributed by atoms with van der Waals surface area (Å²) >= 11 is 2.42. The molecule has 2 rings (SSSR count). The zero-order chi connectivity index (χ0) is 48.6. The number of carbonyl (C=O) groups is 4. The van der Waals surface area contributed by atoms with Crippen LogP contribution >= 0.6 is 22.6 Å². The summed E-state index contributed by atoms with van der Waals surface area (Å²) < 4.78 is 34.3. The Kier molecular flexibility index (Phi) is 39.9. The number of halogens is 1. The van der Waals surface area contributed by atoms with Gasteiger partial charge in [0.05, 0.1) is 38.6 Å². The Hall–Kier alpha value is -1.67. The summed E-state index contributed by atoms with van der Waals surface area (Å²) in [5, 5.41) is 0. The lowest BCUT2D eigenvalue weighted by Gasteiger charge is -2.22. The molecule has 0 spiro atoms. The molecular weight excluding hydrogens is 947 g/mol. The number of allylic oxidation sites excluding steroid dienone is 4. The van der Waals surface area contributed by atoms with Crippen LogP contribution in [0.2, 0.25) is 0 Å². The van der Waals surface area contributed by atoms with Crippen LogP contribution < -0.4 is 0 Å². The first-order valence-corrected chi connectivity index (χ1v) is 28.1. The fourth-order valence-electron chi connectivity index (χ4n) is 9.15. The van der Waals surface area contributed by atoms with Gasteiger partial charge in [0.1, 0.15) is 11.6 Å². The first-order chi connectivity index (χ1) is 32.0. The second-order valence-electron chi connectivity index (χ2n) is 19.1. The Morgan fingerprint density at radius 2 is 0.924 bits per heavy atom. The maximum Gasteiger partial charge on any atom is 0.306 e. The third-order valence-corrected chi connectivity index (χ3v) is 13.9. The van der Waals surface area contributed by atoms with Crippen molar-refractivity contribution < 1.29 is 47.6 Å². The molecule has 2 fully saturated rings. The Labute approximate surface area is 417 Å². The Morgan fingerprint density at radius 3 is 1.32 bits per heavy atom. The molecule has 2 aliphatic carbocycles. The number of rotatable bonds is 40. The summed E-state index contributed by atoms with van der Waals surface area (Å²) in [4.78, 5) is 48.4. The van der Waals surface area contributed by atoms with Crippen molar-refractivity contribution in [2.75, 3.05) is 57.3 Å². The minimum absolute atomic E-state index is 0.0540. The van der Waals surface area contributed by atoms with Gasteiger partial charge in [-0.1, -0.05) is 125 Å². The summed E-state index contributed by atoms with van der Waals surface area (Å²) in [7, 11) is 0. The van der Waals surface area contributed by atoms with E-state index in [0.29, 0.717) is 101 Å². The fraction of sp³-hybridized carbons (Fsp3) is 0.855. The monoisotopic (exact) mass is 1040 g/mol. The van der Waals surface area contributed by atoms with Crippen LogP contribution in [0, 0.1) is 35.5 Å². The van der Waals surface area contributed by atoms with E-state index in [1.807, 2.05) is 27.7 Å². The summed E-state index contributed by atoms with van der Waals surface area (Å²) in [5.74, 6) is 2.51. The molecule has 10 nitrogen and oxygen atoms in total. The van der Waals surface area contributed by atoms with Gasteiger partial charge in [-0.3, -0.25) is 19.2 Å². The molecule has 0 amide bonds. The molecule has 66 heavy (non-hydrogen) atoms. The van der Waals surface area contributed by atoms with Gasteiger partial charge < -0.3 is 28.4 Å². The third-order valence-electron chi connectivity index (χ3n) is 12.8. The number of esters is 2. The molecule has 0 radical (unpaired) electrons. The molecule has 11 heteroatoms. The van der Waals surface area contributed by atoms with Crippen LogP contribution in [0.25, 0.3) is 0 Å². The molecule has 384 valence electrons. The van der Waals surface area contributed by atoms with E-state index in [2.05, 4.69) is 67.7 Å². The highest BCUT2D eigenvalue weighted by Gasteiger charge is 2.41.